The normalized spacial score (nSPS) is 12.7. The molecule has 0 saturated heterocycles. The molecule has 196 valence electrons. The lowest BCUT2D eigenvalue weighted by Gasteiger charge is -2.14. The summed E-state index contributed by atoms with van der Waals surface area (Å²) in [6, 6.07) is 22.2. The van der Waals surface area contributed by atoms with E-state index in [9.17, 15) is 19.2 Å². The Morgan fingerprint density at radius 1 is 0.795 bits per heavy atom. The van der Waals surface area contributed by atoms with Gasteiger partial charge in [-0.15, -0.1) is 0 Å². The van der Waals surface area contributed by atoms with Gasteiger partial charge < -0.3 is 9.47 Å². The van der Waals surface area contributed by atoms with E-state index in [1.165, 1.54) is 12.2 Å². The van der Waals surface area contributed by atoms with E-state index in [4.69, 9.17) is 9.47 Å². The van der Waals surface area contributed by atoms with Crippen molar-refractivity contribution in [2.45, 2.75) is 19.8 Å². The van der Waals surface area contributed by atoms with Crippen LogP contribution in [0.4, 0.5) is 5.69 Å². The van der Waals surface area contributed by atoms with Gasteiger partial charge in [0.15, 0.2) is 0 Å². The number of imide groups is 1. The van der Waals surface area contributed by atoms with Gasteiger partial charge in [-0.1, -0.05) is 74.2 Å². The second-order valence-corrected chi connectivity index (χ2v) is 8.81. The van der Waals surface area contributed by atoms with Gasteiger partial charge in [0.2, 0.25) is 0 Å². The number of rotatable bonds is 10. The lowest BCUT2D eigenvalue weighted by atomic mass is 10.0. The van der Waals surface area contributed by atoms with Gasteiger partial charge in [-0.25, -0.2) is 9.69 Å². The third-order valence-electron chi connectivity index (χ3n) is 5.85. The Morgan fingerprint density at radius 2 is 1.31 bits per heavy atom. The molecule has 0 N–H and O–H groups in total. The van der Waals surface area contributed by atoms with E-state index in [-0.39, 0.29) is 23.8 Å². The molecule has 0 spiro atoms. The molecule has 3 aromatic rings. The fraction of sp³-hybridized carbons (Fsp3) is 0.125. The van der Waals surface area contributed by atoms with Crippen LogP contribution in [0.2, 0.25) is 0 Å². The highest BCUT2D eigenvalue weighted by molar-refractivity contribution is 6.28. The van der Waals surface area contributed by atoms with Crippen molar-refractivity contribution in [1.29, 1.82) is 0 Å². The quantitative estimate of drug-likeness (QED) is 0.111. The zero-order valence-corrected chi connectivity index (χ0v) is 21.5. The maximum Gasteiger partial charge on any atom is 0.339 e. The molecule has 7 nitrogen and oxygen atoms in total. The molecule has 0 radical (unpaired) electrons. The fourth-order valence-corrected chi connectivity index (χ4v) is 3.78. The summed E-state index contributed by atoms with van der Waals surface area (Å²) in [5.41, 5.74) is 4.45. The average molecular weight is 522 g/mol. The van der Waals surface area contributed by atoms with Crippen molar-refractivity contribution in [1.82, 2.24) is 0 Å². The van der Waals surface area contributed by atoms with Crippen LogP contribution in [0.3, 0.4) is 0 Å². The molecule has 3 aromatic carbocycles. The van der Waals surface area contributed by atoms with Crippen LogP contribution in [0.15, 0.2) is 97.1 Å². The van der Waals surface area contributed by atoms with Gasteiger partial charge in [0, 0.05) is 17.7 Å². The van der Waals surface area contributed by atoms with Gasteiger partial charge in [-0.05, 0) is 52.9 Å². The molecule has 0 aliphatic carbocycles. The Morgan fingerprint density at radius 3 is 1.85 bits per heavy atom. The molecule has 0 atom stereocenters. The smallest absolute Gasteiger partial charge is 0.339 e. The molecule has 4 rings (SSSR count). The lowest BCUT2D eigenvalue weighted by Crippen LogP contribution is -2.29. The van der Waals surface area contributed by atoms with Crippen molar-refractivity contribution in [2.75, 3.05) is 11.5 Å². The van der Waals surface area contributed by atoms with Gasteiger partial charge >= 0.3 is 11.9 Å². The first-order valence-electron chi connectivity index (χ1n) is 12.4. The molecule has 0 aromatic heterocycles. The Hall–Kier alpha value is -5.04. The van der Waals surface area contributed by atoms with Crippen molar-refractivity contribution in [3.63, 3.8) is 0 Å². The molecule has 0 unspecified atom stereocenters. The largest absolute Gasteiger partial charge is 0.465 e. The number of carbonyl (C=O) groups is 4. The Balaban J connectivity index is 1.31. The first-order chi connectivity index (χ1) is 18.8. The molecule has 1 aliphatic heterocycles. The molecule has 0 fully saturated rings. The minimum Gasteiger partial charge on any atom is -0.465 e. The minimum absolute atomic E-state index is 0.0357. The zero-order valence-electron chi connectivity index (χ0n) is 21.5. The maximum atomic E-state index is 12.2. The summed E-state index contributed by atoms with van der Waals surface area (Å²) < 4.78 is 10.3. The molecule has 1 aliphatic rings. The number of hydrogen-bond acceptors (Lipinski definition) is 6. The van der Waals surface area contributed by atoms with Gasteiger partial charge in [-0.2, -0.15) is 0 Å². The Kier molecular flexibility index (Phi) is 8.64. The van der Waals surface area contributed by atoms with Gasteiger partial charge in [0.25, 0.3) is 11.8 Å². The molecule has 0 saturated carbocycles. The Labute approximate surface area is 226 Å². The summed E-state index contributed by atoms with van der Waals surface area (Å²) in [6.45, 7) is 5.81. The molecule has 2 amide bonds. The standard InChI is InChI=1S/C32H27NO6/c1-3-20-38-31(36)21-22(2)32(37)39-28-16-8-24(9-17-28)5-4-23-6-10-25(11-7-23)26-12-14-27(15-13-26)33-29(34)18-19-30(33)35/h4-19H,2-3,20-21H2,1H3/b5-4+. The van der Waals surface area contributed by atoms with E-state index < -0.39 is 11.9 Å². The van der Waals surface area contributed by atoms with Gasteiger partial charge in [0.1, 0.15) is 5.75 Å². The summed E-state index contributed by atoms with van der Waals surface area (Å²) in [6.07, 6.45) is 6.94. The summed E-state index contributed by atoms with van der Waals surface area (Å²) in [4.78, 5) is 48.7. The van der Waals surface area contributed by atoms with Crippen LogP contribution in [-0.4, -0.2) is 30.4 Å². The van der Waals surface area contributed by atoms with Crippen molar-refractivity contribution < 1.29 is 28.7 Å². The molecule has 39 heavy (non-hydrogen) atoms. The fourth-order valence-electron chi connectivity index (χ4n) is 3.78. The third kappa shape index (κ3) is 7.05. The number of amides is 2. The molecule has 1 heterocycles. The number of anilines is 1. The molecule has 0 bridgehead atoms. The number of nitrogens with zero attached hydrogens (tertiary/aromatic N) is 1. The maximum absolute atomic E-state index is 12.2. The number of hydrogen-bond donors (Lipinski definition) is 0. The third-order valence-corrected chi connectivity index (χ3v) is 5.85. The second kappa shape index (κ2) is 12.5. The molecule has 7 heteroatoms. The van der Waals surface area contributed by atoms with Crippen LogP contribution >= 0.6 is 0 Å². The van der Waals surface area contributed by atoms with Crippen LogP contribution in [0.25, 0.3) is 23.3 Å². The van der Waals surface area contributed by atoms with E-state index in [1.54, 1.807) is 24.3 Å². The summed E-state index contributed by atoms with van der Waals surface area (Å²) in [7, 11) is 0. The number of ether oxygens (including phenoxy) is 2. The van der Waals surface area contributed by atoms with E-state index in [1.807, 2.05) is 67.6 Å². The van der Waals surface area contributed by atoms with E-state index in [0.29, 0.717) is 24.5 Å². The van der Waals surface area contributed by atoms with Crippen LogP contribution in [0.1, 0.15) is 30.9 Å². The molecular weight excluding hydrogens is 494 g/mol. The number of esters is 2. The van der Waals surface area contributed by atoms with Crippen LogP contribution in [0.5, 0.6) is 5.75 Å². The molecular formula is C32H27NO6. The predicted octanol–water partition coefficient (Wildman–Crippen LogP) is 5.76. The van der Waals surface area contributed by atoms with Gasteiger partial charge in [-0.3, -0.25) is 14.4 Å². The average Bonchev–Trinajstić information content (AvgIpc) is 3.29. The summed E-state index contributed by atoms with van der Waals surface area (Å²) in [5, 5.41) is 0. The number of benzene rings is 3. The van der Waals surface area contributed by atoms with Crippen molar-refractivity contribution in [3.05, 3.63) is 108 Å². The number of carbonyl (C=O) groups excluding carboxylic acids is 4. The SMILES string of the molecule is C=C(CC(=O)OCCC)C(=O)Oc1ccc(/C=C/c2ccc(-c3ccc(N4C(=O)C=CC4=O)cc3)cc2)cc1. The predicted molar refractivity (Wildman–Crippen MR) is 150 cm³/mol. The highest BCUT2D eigenvalue weighted by Gasteiger charge is 2.24. The Bertz CT molecular complexity index is 1430. The topological polar surface area (TPSA) is 90.0 Å². The van der Waals surface area contributed by atoms with Crippen molar-refractivity contribution in [2.24, 2.45) is 0 Å². The zero-order chi connectivity index (χ0) is 27.8. The van der Waals surface area contributed by atoms with Crippen LogP contribution in [-0.2, 0) is 23.9 Å². The van der Waals surface area contributed by atoms with Crippen molar-refractivity contribution in [3.8, 4) is 16.9 Å². The van der Waals surface area contributed by atoms with Crippen molar-refractivity contribution >= 4 is 41.6 Å². The highest BCUT2D eigenvalue weighted by Crippen LogP contribution is 2.26. The highest BCUT2D eigenvalue weighted by atomic mass is 16.5. The van der Waals surface area contributed by atoms with Crippen LogP contribution in [0, 0.1) is 0 Å². The van der Waals surface area contributed by atoms with Gasteiger partial charge in [0.05, 0.1) is 18.7 Å². The summed E-state index contributed by atoms with van der Waals surface area (Å²) in [5.74, 6) is -1.50. The summed E-state index contributed by atoms with van der Waals surface area (Å²) >= 11 is 0. The van der Waals surface area contributed by atoms with E-state index in [0.717, 1.165) is 27.2 Å². The monoisotopic (exact) mass is 521 g/mol. The first kappa shape index (κ1) is 27.0. The minimum atomic E-state index is -0.670. The first-order valence-corrected chi connectivity index (χ1v) is 12.4. The van der Waals surface area contributed by atoms with E-state index >= 15 is 0 Å². The second-order valence-electron chi connectivity index (χ2n) is 8.81. The lowest BCUT2D eigenvalue weighted by molar-refractivity contribution is -0.144. The van der Waals surface area contributed by atoms with Crippen LogP contribution < -0.4 is 9.64 Å². The van der Waals surface area contributed by atoms with E-state index in [2.05, 4.69) is 6.58 Å².